The Labute approximate surface area is 78.0 Å². The van der Waals surface area contributed by atoms with Crippen molar-refractivity contribution >= 4 is 0 Å². The van der Waals surface area contributed by atoms with Gasteiger partial charge in [-0.1, -0.05) is 0 Å². The summed E-state index contributed by atoms with van der Waals surface area (Å²) in [7, 11) is 1.83. The van der Waals surface area contributed by atoms with E-state index in [0.717, 1.165) is 26.7 Å². The number of halogens is 3. The molecule has 0 bridgehead atoms. The lowest BCUT2D eigenvalue weighted by atomic mass is 10.2. The minimum atomic E-state index is -4.68. The summed E-state index contributed by atoms with van der Waals surface area (Å²) in [5.41, 5.74) is -0.296. The zero-order valence-electron chi connectivity index (χ0n) is 7.55. The molecule has 0 aliphatic carbocycles. The smallest absolute Gasteiger partial charge is 0.344 e. The normalized spacial score (nSPS) is 13.2. The zero-order valence-corrected chi connectivity index (χ0v) is 7.55. The van der Waals surface area contributed by atoms with Crippen LogP contribution in [0.25, 0.3) is 0 Å². The van der Waals surface area contributed by atoms with E-state index >= 15 is 0 Å². The second-order valence-corrected chi connectivity index (χ2v) is 2.49. The molecule has 1 N–H and O–H groups in total. The van der Waals surface area contributed by atoms with Gasteiger partial charge in [-0.25, -0.2) is 4.98 Å². The highest BCUT2D eigenvalue weighted by Gasteiger charge is 2.59. The molecule has 0 radical (unpaired) electrons. The number of rotatable bonds is 3. The van der Waals surface area contributed by atoms with Crippen molar-refractivity contribution in [2.45, 2.75) is 12.0 Å². The highest BCUT2D eigenvalue weighted by Crippen LogP contribution is 2.41. The number of imidazole rings is 1. The molecule has 0 atom stereocenters. The van der Waals surface area contributed by atoms with Crippen LogP contribution in [0.15, 0.2) is 12.5 Å². The van der Waals surface area contributed by atoms with Crippen molar-refractivity contribution in [2.24, 2.45) is 0 Å². The minimum absolute atomic E-state index is 0.296. The van der Waals surface area contributed by atoms with Gasteiger partial charge in [-0.3, -0.25) is 0 Å². The number of H-pyrrole nitrogens is 1. The Morgan fingerprint density at radius 2 is 1.86 bits per heavy atom. The van der Waals surface area contributed by atoms with Crippen molar-refractivity contribution in [3.63, 3.8) is 0 Å². The van der Waals surface area contributed by atoms with Crippen LogP contribution < -0.4 is 0 Å². The van der Waals surface area contributed by atoms with Gasteiger partial charge in [-0.2, -0.15) is 13.2 Å². The Hall–Kier alpha value is -1.08. The number of nitrogens with one attached hydrogen (secondary N) is 1. The fourth-order valence-corrected chi connectivity index (χ4v) is 1.12. The predicted molar refractivity (Wildman–Crippen MR) is 40.3 cm³/mol. The summed E-state index contributed by atoms with van der Waals surface area (Å²) in [5, 5.41) is 0. The fraction of sp³-hybridized carbons (Fsp3) is 0.571. The number of hydrogen-bond acceptors (Lipinski definition) is 3. The Kier molecular flexibility index (Phi) is 2.81. The molecule has 1 aromatic heterocycles. The number of hydrogen-bond donors (Lipinski definition) is 1. The molecule has 14 heavy (non-hydrogen) atoms. The van der Waals surface area contributed by atoms with Gasteiger partial charge in [0.05, 0.1) is 12.5 Å². The van der Waals surface area contributed by atoms with Gasteiger partial charge >= 0.3 is 12.0 Å². The van der Waals surface area contributed by atoms with Gasteiger partial charge in [-0.15, -0.1) is 0 Å². The molecular weight excluding hydrogens is 201 g/mol. The van der Waals surface area contributed by atoms with Crippen LogP contribution in [0, 0.1) is 0 Å². The molecule has 0 fully saturated rings. The molecular formula is C7H9F3N2O2. The molecule has 80 valence electrons. The third kappa shape index (κ3) is 1.48. The average Bonchev–Trinajstić information content (AvgIpc) is 2.58. The lowest BCUT2D eigenvalue weighted by molar-refractivity contribution is -0.378. The average molecular weight is 210 g/mol. The molecule has 0 aliphatic heterocycles. The van der Waals surface area contributed by atoms with Crippen molar-refractivity contribution in [2.75, 3.05) is 14.2 Å². The summed E-state index contributed by atoms with van der Waals surface area (Å²) in [6.07, 6.45) is -2.56. The van der Waals surface area contributed by atoms with Gasteiger partial charge < -0.3 is 14.5 Å². The fourth-order valence-electron chi connectivity index (χ4n) is 1.12. The van der Waals surface area contributed by atoms with E-state index in [1.807, 2.05) is 0 Å². The maximum atomic E-state index is 12.6. The standard InChI is InChI=1S/C7H9F3N2O2/c1-13-6(14-2,7(8,9)10)5-3-11-4-12-5/h3-4H,1-2H3,(H,11,12). The highest BCUT2D eigenvalue weighted by atomic mass is 19.4. The Morgan fingerprint density at radius 1 is 1.29 bits per heavy atom. The van der Waals surface area contributed by atoms with Crippen LogP contribution in [0.3, 0.4) is 0 Å². The number of methoxy groups -OCH3 is 2. The molecule has 7 heteroatoms. The molecule has 0 saturated heterocycles. The number of nitrogens with zero attached hydrogens (tertiary/aromatic N) is 1. The van der Waals surface area contributed by atoms with Crippen LogP contribution in [-0.4, -0.2) is 30.4 Å². The van der Waals surface area contributed by atoms with E-state index in [1.54, 1.807) is 0 Å². The molecule has 1 aromatic rings. The van der Waals surface area contributed by atoms with Crippen LogP contribution >= 0.6 is 0 Å². The second-order valence-electron chi connectivity index (χ2n) is 2.49. The predicted octanol–water partition coefficient (Wildman–Crippen LogP) is 1.42. The van der Waals surface area contributed by atoms with E-state index in [2.05, 4.69) is 19.4 Å². The maximum Gasteiger partial charge on any atom is 0.449 e. The number of alkyl halides is 3. The highest BCUT2D eigenvalue weighted by molar-refractivity contribution is 5.07. The van der Waals surface area contributed by atoms with Gasteiger partial charge in [0.25, 0.3) is 0 Å². The van der Waals surface area contributed by atoms with E-state index in [0.29, 0.717) is 0 Å². The largest absolute Gasteiger partial charge is 0.449 e. The molecule has 0 saturated carbocycles. The third-order valence-electron chi connectivity index (χ3n) is 1.80. The maximum absolute atomic E-state index is 12.6. The van der Waals surface area contributed by atoms with Crippen LogP contribution in [-0.2, 0) is 15.3 Å². The van der Waals surface area contributed by atoms with E-state index in [9.17, 15) is 13.2 Å². The summed E-state index contributed by atoms with van der Waals surface area (Å²) in [4.78, 5) is 5.79. The molecule has 0 amide bonds. The van der Waals surface area contributed by atoms with Crippen molar-refractivity contribution < 1.29 is 22.6 Å². The Balaban J connectivity index is 3.17. The van der Waals surface area contributed by atoms with Crippen LogP contribution in [0.4, 0.5) is 13.2 Å². The summed E-state index contributed by atoms with van der Waals surface area (Å²) in [6.45, 7) is 0. The van der Waals surface area contributed by atoms with Crippen LogP contribution in [0.1, 0.15) is 5.69 Å². The van der Waals surface area contributed by atoms with Crippen molar-refractivity contribution in [1.29, 1.82) is 0 Å². The van der Waals surface area contributed by atoms with Gasteiger partial charge in [0, 0.05) is 14.2 Å². The monoisotopic (exact) mass is 210 g/mol. The van der Waals surface area contributed by atoms with Gasteiger partial charge in [0.2, 0.25) is 0 Å². The number of aromatic amines is 1. The first-order valence-corrected chi connectivity index (χ1v) is 3.64. The topological polar surface area (TPSA) is 47.1 Å². The van der Waals surface area contributed by atoms with Gasteiger partial charge in [0.15, 0.2) is 0 Å². The van der Waals surface area contributed by atoms with Crippen molar-refractivity contribution in [1.82, 2.24) is 9.97 Å². The van der Waals surface area contributed by atoms with Crippen molar-refractivity contribution in [3.05, 3.63) is 18.2 Å². The van der Waals surface area contributed by atoms with Gasteiger partial charge in [0.1, 0.15) is 5.69 Å². The molecule has 1 rings (SSSR count). The lowest BCUT2D eigenvalue weighted by Crippen LogP contribution is -2.46. The lowest BCUT2D eigenvalue weighted by Gasteiger charge is -2.31. The van der Waals surface area contributed by atoms with E-state index in [-0.39, 0.29) is 5.69 Å². The van der Waals surface area contributed by atoms with E-state index < -0.39 is 12.0 Å². The van der Waals surface area contributed by atoms with Crippen LogP contribution in [0.5, 0.6) is 0 Å². The third-order valence-corrected chi connectivity index (χ3v) is 1.80. The molecule has 0 spiro atoms. The van der Waals surface area contributed by atoms with Gasteiger partial charge in [-0.05, 0) is 0 Å². The number of aromatic nitrogens is 2. The molecule has 4 nitrogen and oxygen atoms in total. The summed E-state index contributed by atoms with van der Waals surface area (Å²) < 4.78 is 46.7. The van der Waals surface area contributed by atoms with Crippen LogP contribution in [0.2, 0.25) is 0 Å². The summed E-state index contributed by atoms with van der Waals surface area (Å²) >= 11 is 0. The minimum Gasteiger partial charge on any atom is -0.344 e. The summed E-state index contributed by atoms with van der Waals surface area (Å²) in [5.74, 6) is -2.77. The molecule has 1 heterocycles. The molecule has 0 aromatic carbocycles. The van der Waals surface area contributed by atoms with E-state index in [1.165, 1.54) is 0 Å². The van der Waals surface area contributed by atoms with E-state index in [4.69, 9.17) is 0 Å². The molecule has 0 aliphatic rings. The first-order valence-electron chi connectivity index (χ1n) is 3.64. The summed E-state index contributed by atoms with van der Waals surface area (Å²) in [6, 6.07) is 0. The Morgan fingerprint density at radius 3 is 2.14 bits per heavy atom. The SMILES string of the molecule is COC(OC)(c1cnc[nH]1)C(F)(F)F. The van der Waals surface area contributed by atoms with Crippen molar-refractivity contribution in [3.8, 4) is 0 Å². The molecule has 0 unspecified atom stereocenters. The second kappa shape index (κ2) is 3.58. The zero-order chi connectivity index (χ0) is 10.8. The Bertz CT molecular complexity index is 280. The first kappa shape index (κ1) is 11.0. The number of ether oxygens (including phenoxy) is 2. The quantitative estimate of drug-likeness (QED) is 0.767. The first-order chi connectivity index (χ1) is 6.48.